The van der Waals surface area contributed by atoms with Crippen LogP contribution < -0.4 is 10.5 Å². The third kappa shape index (κ3) is 5.28. The maximum atomic E-state index is 11.9. The summed E-state index contributed by atoms with van der Waals surface area (Å²) in [7, 11) is 2.02. The maximum Gasteiger partial charge on any atom is 0.439 e. The number of nitrogens with zero attached hydrogens (tertiary/aromatic N) is 2. The molecule has 2 rings (SSSR count). The first kappa shape index (κ1) is 19.4. The molecule has 0 amide bonds. The quantitative estimate of drug-likeness (QED) is 0.684. The number of hydrogen-bond acceptors (Lipinski definition) is 6. The Bertz CT molecular complexity index is 749. The molecule has 0 radical (unpaired) electrons. The number of ether oxygens (including phenoxy) is 2. The molecule has 0 N–H and O–H groups in total. The van der Waals surface area contributed by atoms with E-state index in [1.807, 2.05) is 52.9 Å². The minimum atomic E-state index is -0.595. The molecule has 6 nitrogen and oxygen atoms in total. The SMILES string of the molecule is CCOCCN(C)CCOc1cccc2c(C(C)(C)C)nc(=O)oc12. The smallest absolute Gasteiger partial charge is 0.439 e. The zero-order valence-corrected chi connectivity index (χ0v) is 15.8. The molecule has 0 atom stereocenters. The van der Waals surface area contributed by atoms with Crippen LogP contribution >= 0.6 is 0 Å². The van der Waals surface area contributed by atoms with Crippen LogP contribution in [0.2, 0.25) is 0 Å². The Morgan fingerprint density at radius 3 is 2.60 bits per heavy atom. The Morgan fingerprint density at radius 1 is 1.20 bits per heavy atom. The molecule has 6 heteroatoms. The maximum absolute atomic E-state index is 11.9. The summed E-state index contributed by atoms with van der Waals surface area (Å²) in [5.74, 6) is -0.0250. The average Bonchev–Trinajstić information content (AvgIpc) is 2.54. The van der Waals surface area contributed by atoms with Gasteiger partial charge >= 0.3 is 5.76 Å². The van der Waals surface area contributed by atoms with Crippen LogP contribution in [0.5, 0.6) is 5.75 Å². The van der Waals surface area contributed by atoms with Gasteiger partial charge in [-0.25, -0.2) is 4.79 Å². The van der Waals surface area contributed by atoms with Gasteiger partial charge in [-0.15, -0.1) is 0 Å². The van der Waals surface area contributed by atoms with Crippen molar-refractivity contribution in [3.8, 4) is 5.75 Å². The van der Waals surface area contributed by atoms with Crippen LogP contribution in [0.1, 0.15) is 33.4 Å². The van der Waals surface area contributed by atoms with Crippen LogP contribution in [0.25, 0.3) is 11.0 Å². The zero-order valence-electron chi connectivity index (χ0n) is 15.8. The number of aromatic nitrogens is 1. The van der Waals surface area contributed by atoms with Crippen molar-refractivity contribution < 1.29 is 13.9 Å². The van der Waals surface area contributed by atoms with Crippen LogP contribution in [-0.2, 0) is 10.2 Å². The van der Waals surface area contributed by atoms with E-state index in [1.165, 1.54) is 0 Å². The van der Waals surface area contributed by atoms with Gasteiger partial charge in [-0.2, -0.15) is 4.98 Å². The molecule has 0 bridgehead atoms. The van der Waals surface area contributed by atoms with Crippen molar-refractivity contribution in [3.05, 3.63) is 34.4 Å². The van der Waals surface area contributed by atoms with Gasteiger partial charge in [0.15, 0.2) is 11.3 Å². The third-order valence-corrected chi connectivity index (χ3v) is 3.89. The first-order valence-corrected chi connectivity index (χ1v) is 8.66. The monoisotopic (exact) mass is 348 g/mol. The number of hydrogen-bond donors (Lipinski definition) is 0. The van der Waals surface area contributed by atoms with Crippen LogP contribution in [-0.4, -0.2) is 49.8 Å². The Hall–Kier alpha value is -1.92. The van der Waals surface area contributed by atoms with Crippen molar-refractivity contribution in [2.24, 2.45) is 0 Å². The molecule has 138 valence electrons. The fourth-order valence-electron chi connectivity index (χ4n) is 2.54. The minimum Gasteiger partial charge on any atom is -0.488 e. The van der Waals surface area contributed by atoms with Crippen LogP contribution in [0.15, 0.2) is 27.4 Å². The van der Waals surface area contributed by atoms with Crippen LogP contribution in [0.4, 0.5) is 0 Å². The summed E-state index contributed by atoms with van der Waals surface area (Å²) in [5, 5.41) is 0.814. The molecule has 0 unspecified atom stereocenters. The van der Waals surface area contributed by atoms with Gasteiger partial charge in [0.1, 0.15) is 6.61 Å². The molecule has 0 saturated heterocycles. The van der Waals surface area contributed by atoms with Crippen molar-refractivity contribution in [1.29, 1.82) is 0 Å². The molecule has 1 aromatic carbocycles. The van der Waals surface area contributed by atoms with E-state index in [0.29, 0.717) is 24.5 Å². The lowest BCUT2D eigenvalue weighted by atomic mass is 9.89. The van der Waals surface area contributed by atoms with Crippen molar-refractivity contribution in [3.63, 3.8) is 0 Å². The first-order valence-electron chi connectivity index (χ1n) is 8.66. The first-order chi connectivity index (χ1) is 11.8. The summed E-state index contributed by atoms with van der Waals surface area (Å²) >= 11 is 0. The van der Waals surface area contributed by atoms with Gasteiger partial charge in [-0.1, -0.05) is 26.8 Å². The van der Waals surface area contributed by atoms with Crippen molar-refractivity contribution >= 4 is 11.0 Å². The van der Waals surface area contributed by atoms with Crippen molar-refractivity contribution in [2.45, 2.75) is 33.1 Å². The zero-order chi connectivity index (χ0) is 18.4. The van der Waals surface area contributed by atoms with Gasteiger partial charge in [-0.3, -0.25) is 0 Å². The second-order valence-electron chi connectivity index (χ2n) is 7.06. The predicted octanol–water partition coefficient (Wildman–Crippen LogP) is 2.83. The highest BCUT2D eigenvalue weighted by atomic mass is 16.5. The lowest BCUT2D eigenvalue weighted by molar-refractivity contribution is 0.116. The topological polar surface area (TPSA) is 64.8 Å². The van der Waals surface area contributed by atoms with E-state index < -0.39 is 5.76 Å². The van der Waals surface area contributed by atoms with Gasteiger partial charge in [-0.05, 0) is 26.1 Å². The van der Waals surface area contributed by atoms with Gasteiger partial charge in [0.2, 0.25) is 0 Å². The van der Waals surface area contributed by atoms with E-state index in [-0.39, 0.29) is 5.41 Å². The molecule has 25 heavy (non-hydrogen) atoms. The van der Waals surface area contributed by atoms with Gasteiger partial charge in [0, 0.05) is 30.5 Å². The number of fused-ring (bicyclic) bond motifs is 1. The molecule has 0 fully saturated rings. The standard InChI is InChI=1S/C19H28N2O4/c1-6-23-12-10-21(5)11-13-24-15-9-7-8-14-16(15)25-18(22)20-17(14)19(2,3)4/h7-9H,6,10-13H2,1-5H3. The molecule has 2 aromatic rings. The highest BCUT2D eigenvalue weighted by molar-refractivity contribution is 5.85. The summed E-state index contributed by atoms with van der Waals surface area (Å²) in [6.07, 6.45) is 0. The number of benzene rings is 1. The Kier molecular flexibility index (Phi) is 6.56. The molecule has 0 aliphatic heterocycles. The number of likely N-dealkylation sites (N-methyl/N-ethyl adjacent to an activating group) is 1. The summed E-state index contributed by atoms with van der Waals surface area (Å²) in [4.78, 5) is 18.1. The predicted molar refractivity (Wildman–Crippen MR) is 98.5 cm³/mol. The van der Waals surface area contributed by atoms with Gasteiger partial charge in [0.05, 0.1) is 12.3 Å². The molecule has 0 aliphatic rings. The average molecular weight is 348 g/mol. The lowest BCUT2D eigenvalue weighted by Gasteiger charge is -2.20. The van der Waals surface area contributed by atoms with Gasteiger partial charge < -0.3 is 18.8 Å². The van der Waals surface area contributed by atoms with E-state index >= 15 is 0 Å². The Morgan fingerprint density at radius 2 is 1.92 bits per heavy atom. The molecular weight excluding hydrogens is 320 g/mol. The molecule has 1 heterocycles. The van der Waals surface area contributed by atoms with Crippen molar-refractivity contribution in [1.82, 2.24) is 9.88 Å². The highest BCUT2D eigenvalue weighted by Gasteiger charge is 2.22. The van der Waals surface area contributed by atoms with Crippen molar-refractivity contribution in [2.75, 3.05) is 40.0 Å². The largest absolute Gasteiger partial charge is 0.488 e. The second-order valence-corrected chi connectivity index (χ2v) is 7.06. The lowest BCUT2D eigenvalue weighted by Crippen LogP contribution is -2.28. The van der Waals surface area contributed by atoms with Gasteiger partial charge in [0.25, 0.3) is 0 Å². The molecule has 0 spiro atoms. The van der Waals surface area contributed by atoms with Crippen LogP contribution in [0.3, 0.4) is 0 Å². The summed E-state index contributed by atoms with van der Waals surface area (Å²) in [6.45, 7) is 11.6. The van der Waals surface area contributed by atoms with E-state index in [2.05, 4.69) is 9.88 Å². The van der Waals surface area contributed by atoms with E-state index in [1.54, 1.807) is 0 Å². The summed E-state index contributed by atoms with van der Waals surface area (Å²) in [6, 6.07) is 5.62. The fourth-order valence-corrected chi connectivity index (χ4v) is 2.54. The molecule has 0 aliphatic carbocycles. The minimum absolute atomic E-state index is 0.258. The molecular formula is C19H28N2O4. The molecule has 1 aromatic heterocycles. The number of rotatable bonds is 8. The van der Waals surface area contributed by atoms with E-state index in [4.69, 9.17) is 13.9 Å². The third-order valence-electron chi connectivity index (χ3n) is 3.89. The second kappa shape index (κ2) is 8.45. The fraction of sp³-hybridized carbons (Fsp3) is 0.579. The normalized spacial score (nSPS) is 12.1. The van der Waals surface area contributed by atoms with E-state index in [0.717, 1.165) is 30.8 Å². The summed E-state index contributed by atoms with van der Waals surface area (Å²) < 4.78 is 16.6. The Labute approximate surface area is 148 Å². The highest BCUT2D eigenvalue weighted by Crippen LogP contribution is 2.31. The van der Waals surface area contributed by atoms with Crippen LogP contribution in [0, 0.1) is 0 Å². The number of para-hydroxylation sites is 1. The van der Waals surface area contributed by atoms with E-state index in [9.17, 15) is 4.79 Å². The summed E-state index contributed by atoms with van der Waals surface area (Å²) in [5.41, 5.74) is 0.925. The Balaban J connectivity index is 2.14. The molecule has 0 saturated carbocycles.